The molecule has 0 unspecified atom stereocenters. The van der Waals surface area contributed by atoms with Crippen LogP contribution in [0.1, 0.15) is 0 Å². The third-order valence-electron chi connectivity index (χ3n) is 1.92. The van der Waals surface area contributed by atoms with E-state index in [0.29, 0.717) is 0 Å². The van der Waals surface area contributed by atoms with Gasteiger partial charge in [0, 0.05) is 0 Å². The Kier molecular flexibility index (Phi) is 2.42. The van der Waals surface area contributed by atoms with E-state index in [9.17, 15) is 9.50 Å². The van der Waals surface area contributed by atoms with Gasteiger partial charge in [-0.2, -0.15) is 0 Å². The molecule has 1 aliphatic rings. The van der Waals surface area contributed by atoms with Crippen LogP contribution in [0.2, 0.25) is 0 Å². The lowest BCUT2D eigenvalue weighted by molar-refractivity contribution is -0.0569. The summed E-state index contributed by atoms with van der Waals surface area (Å²) in [5.74, 6) is 2.00. The zero-order valence-electron chi connectivity index (χ0n) is 6.27. The first-order valence-electron chi connectivity index (χ1n) is 3.41. The van der Waals surface area contributed by atoms with Crippen LogP contribution in [0, 0.1) is 12.3 Å². The van der Waals surface area contributed by atoms with Gasteiger partial charge >= 0.3 is 0 Å². The van der Waals surface area contributed by atoms with Gasteiger partial charge in [0.2, 0.25) is 0 Å². The summed E-state index contributed by atoms with van der Waals surface area (Å²) < 4.78 is 17.6. The van der Waals surface area contributed by atoms with Crippen LogP contribution < -0.4 is 0 Å². The number of ether oxygens (including phenoxy) is 1. The van der Waals surface area contributed by atoms with E-state index in [1.54, 1.807) is 0 Å². The number of terminal acetylenes is 1. The van der Waals surface area contributed by atoms with Gasteiger partial charge in [0.05, 0.1) is 12.6 Å². The van der Waals surface area contributed by atoms with Crippen molar-refractivity contribution in [3.8, 4) is 12.3 Å². The Balaban J connectivity index is 2.89. The van der Waals surface area contributed by atoms with E-state index in [1.807, 2.05) is 5.92 Å². The van der Waals surface area contributed by atoms with Crippen LogP contribution in [0.25, 0.3) is 0 Å². The van der Waals surface area contributed by atoms with Crippen molar-refractivity contribution in [2.24, 2.45) is 0 Å². The first-order chi connectivity index (χ1) is 5.57. The predicted octanol–water partition coefficient (Wildman–Crippen LogP) is -1.43. The highest BCUT2D eigenvalue weighted by Crippen LogP contribution is 2.30. The number of aliphatic hydroxyl groups is 2. The monoisotopic (exact) mass is 170 g/mol. The first kappa shape index (κ1) is 9.52. The maximum absolute atomic E-state index is 12.9. The Bertz CT molecular complexity index is 217. The maximum Gasteiger partial charge on any atom is 0.179 e. The van der Waals surface area contributed by atoms with Crippen molar-refractivity contribution in [3.63, 3.8) is 0 Å². The van der Waals surface area contributed by atoms with Gasteiger partial charge in [-0.15, -0.1) is 6.42 Å². The first-order valence-corrected chi connectivity index (χ1v) is 3.41. The molecule has 0 aromatic carbocycles. The van der Waals surface area contributed by atoms with Gasteiger partial charge in [-0.05, 0) is 0 Å². The highest BCUT2D eigenvalue weighted by atomic mass is 19.1. The molecule has 1 rings (SSSR count). The lowest BCUT2D eigenvalue weighted by atomic mass is 9.91. The van der Waals surface area contributed by atoms with Crippen molar-refractivity contribution in [2.75, 3.05) is 6.61 Å². The second kappa shape index (κ2) is 3.06. The number of hydrogen-bond acceptors (Lipinski definition) is 3. The van der Waals surface area contributed by atoms with Crippen LogP contribution in [-0.2, 0) is 4.74 Å². The molecule has 2 N–H and O–H groups in total. The van der Waals surface area contributed by atoms with Crippen LogP contribution in [0.3, 0.4) is 0 Å². The molecule has 0 aromatic rings. The quantitative estimate of drug-likeness (QED) is 0.374. The van der Waals surface area contributed by atoms with Gasteiger partial charge in [0.25, 0.3) is 0 Å². The Hall–Kier alpha value is -0.565. The molecule has 0 amide bonds. The van der Waals surface area contributed by atoms with Gasteiger partial charge in [0.1, 0.15) is 20.1 Å². The molecule has 0 aliphatic carbocycles. The Morgan fingerprint density at radius 1 is 1.75 bits per heavy atom. The predicted molar refractivity (Wildman–Crippen MR) is 40.2 cm³/mol. The number of rotatable bonds is 1. The second-order valence-electron chi connectivity index (χ2n) is 2.66. The topological polar surface area (TPSA) is 49.7 Å². The minimum Gasteiger partial charge on any atom is -0.392 e. The molecule has 1 aliphatic heterocycles. The molecule has 5 heteroatoms. The van der Waals surface area contributed by atoms with Crippen molar-refractivity contribution in [1.82, 2.24) is 0 Å². The molecule has 0 saturated carbocycles. The molecule has 1 heterocycles. The summed E-state index contributed by atoms with van der Waals surface area (Å²) in [5.41, 5.74) is -1.68. The standard InChI is InChI=1S/C7H8BFO3/c1-2-7(3-10)5(11)4(9)6(8)12-7/h1,4-6,10-11H,3H2/t4-,5+,6-,7-/m1/s1. The van der Waals surface area contributed by atoms with Gasteiger partial charge < -0.3 is 14.9 Å². The summed E-state index contributed by atoms with van der Waals surface area (Å²) >= 11 is 0. The van der Waals surface area contributed by atoms with Crippen molar-refractivity contribution in [1.29, 1.82) is 0 Å². The van der Waals surface area contributed by atoms with Crippen LogP contribution in [-0.4, -0.2) is 48.5 Å². The average Bonchev–Trinajstić information content (AvgIpc) is 2.30. The molecule has 4 atom stereocenters. The number of halogens is 1. The van der Waals surface area contributed by atoms with E-state index < -0.39 is 30.5 Å². The zero-order chi connectivity index (χ0) is 9.35. The summed E-state index contributed by atoms with van der Waals surface area (Å²) in [4.78, 5) is 0. The van der Waals surface area contributed by atoms with Crippen molar-refractivity contribution < 1.29 is 19.3 Å². The fraction of sp³-hybridized carbons (Fsp3) is 0.714. The summed E-state index contributed by atoms with van der Waals surface area (Å²) in [6, 6.07) is -1.27. The third-order valence-corrected chi connectivity index (χ3v) is 1.92. The Morgan fingerprint density at radius 3 is 2.50 bits per heavy atom. The molecule has 0 spiro atoms. The highest BCUT2D eigenvalue weighted by Gasteiger charge is 2.52. The molecule has 3 nitrogen and oxygen atoms in total. The number of alkyl halides is 1. The van der Waals surface area contributed by atoms with E-state index in [-0.39, 0.29) is 0 Å². The summed E-state index contributed by atoms with van der Waals surface area (Å²) in [5, 5.41) is 18.0. The number of hydrogen-bond donors (Lipinski definition) is 2. The molecular formula is C7H8BFO3. The molecule has 12 heavy (non-hydrogen) atoms. The summed E-state index contributed by atoms with van der Waals surface area (Å²) in [6.07, 6.45) is 1.65. The second-order valence-corrected chi connectivity index (χ2v) is 2.66. The largest absolute Gasteiger partial charge is 0.392 e. The molecule has 0 aromatic heterocycles. The maximum atomic E-state index is 12.9. The molecule has 64 valence electrons. The van der Waals surface area contributed by atoms with Crippen LogP contribution in [0.15, 0.2) is 0 Å². The summed E-state index contributed by atoms with van der Waals surface area (Å²) in [6.45, 7) is -0.654. The Labute approximate surface area is 70.9 Å². The number of aliphatic hydroxyl groups excluding tert-OH is 2. The lowest BCUT2D eigenvalue weighted by Crippen LogP contribution is -2.44. The van der Waals surface area contributed by atoms with Crippen molar-refractivity contribution in [2.45, 2.75) is 23.9 Å². The average molecular weight is 170 g/mol. The van der Waals surface area contributed by atoms with Crippen LogP contribution >= 0.6 is 0 Å². The molecule has 2 radical (unpaired) electrons. The SMILES string of the molecule is [B][C@@H]1O[C@](C#C)(CO)[C@@H](O)[C@H]1F. The van der Waals surface area contributed by atoms with E-state index in [4.69, 9.17) is 24.1 Å². The lowest BCUT2D eigenvalue weighted by Gasteiger charge is -2.23. The van der Waals surface area contributed by atoms with E-state index in [2.05, 4.69) is 0 Å². The molecule has 1 saturated heterocycles. The van der Waals surface area contributed by atoms with Crippen LogP contribution in [0.5, 0.6) is 0 Å². The van der Waals surface area contributed by atoms with Crippen LogP contribution in [0.4, 0.5) is 4.39 Å². The zero-order valence-corrected chi connectivity index (χ0v) is 6.27. The summed E-state index contributed by atoms with van der Waals surface area (Å²) in [7, 11) is 5.13. The van der Waals surface area contributed by atoms with Gasteiger partial charge in [0.15, 0.2) is 5.60 Å². The fourth-order valence-electron chi connectivity index (χ4n) is 1.11. The smallest absolute Gasteiger partial charge is 0.179 e. The minimum atomic E-state index is -1.76. The third kappa shape index (κ3) is 1.12. The van der Waals surface area contributed by atoms with Gasteiger partial charge in [-0.25, -0.2) is 4.39 Å². The normalized spacial score (nSPS) is 47.3. The minimum absolute atomic E-state index is 0.654. The molecule has 0 bridgehead atoms. The van der Waals surface area contributed by atoms with Crippen molar-refractivity contribution in [3.05, 3.63) is 0 Å². The fourth-order valence-corrected chi connectivity index (χ4v) is 1.11. The highest BCUT2D eigenvalue weighted by molar-refractivity contribution is 6.11. The Morgan fingerprint density at radius 2 is 2.33 bits per heavy atom. The van der Waals surface area contributed by atoms with Crippen molar-refractivity contribution >= 4 is 7.85 Å². The van der Waals surface area contributed by atoms with Gasteiger partial charge in [-0.3, -0.25) is 0 Å². The molecule has 1 fully saturated rings. The van der Waals surface area contributed by atoms with Gasteiger partial charge in [-0.1, -0.05) is 5.92 Å². The van der Waals surface area contributed by atoms with E-state index in [1.165, 1.54) is 0 Å². The molecular weight excluding hydrogens is 162 g/mol. The van der Waals surface area contributed by atoms with E-state index in [0.717, 1.165) is 0 Å². The van der Waals surface area contributed by atoms with E-state index >= 15 is 0 Å².